The third-order valence-corrected chi connectivity index (χ3v) is 4.43. The molecule has 0 radical (unpaired) electrons. The van der Waals surface area contributed by atoms with Gasteiger partial charge in [-0.3, -0.25) is 0 Å². The maximum absolute atomic E-state index is 5.91. The highest BCUT2D eigenvalue weighted by molar-refractivity contribution is 5.78. The first kappa shape index (κ1) is 18.3. The quantitative estimate of drug-likeness (QED) is 0.618. The Balaban J connectivity index is 1.63. The van der Waals surface area contributed by atoms with E-state index in [1.165, 1.54) is 16.7 Å². The highest BCUT2D eigenvalue weighted by Gasteiger charge is 2.19. The van der Waals surface area contributed by atoms with Gasteiger partial charge >= 0.3 is 0 Å². The van der Waals surface area contributed by atoms with E-state index >= 15 is 0 Å². The maximum Gasteiger partial charge on any atom is 0.189 e. The molecule has 2 unspecified atom stereocenters. The second-order valence-corrected chi connectivity index (χ2v) is 6.85. The van der Waals surface area contributed by atoms with Crippen molar-refractivity contribution in [3.8, 4) is 16.9 Å². The van der Waals surface area contributed by atoms with Crippen LogP contribution < -0.4 is 15.8 Å². The van der Waals surface area contributed by atoms with E-state index in [0.29, 0.717) is 19.1 Å². The predicted octanol–water partition coefficient (Wildman–Crippen LogP) is 3.12. The van der Waals surface area contributed by atoms with Crippen LogP contribution in [0.4, 0.5) is 0 Å². The second kappa shape index (κ2) is 8.23. The van der Waals surface area contributed by atoms with E-state index in [2.05, 4.69) is 59.7 Å². The van der Waals surface area contributed by atoms with Crippen LogP contribution in [-0.4, -0.2) is 31.8 Å². The summed E-state index contributed by atoms with van der Waals surface area (Å²) in [5.41, 5.74) is 10.7. The Labute approximate surface area is 155 Å². The standard InChI is InChI=1S/C21H27N3O2/c1-14(13-25-3)24-21(22)23-12-16-4-6-17(7-5-16)18-8-9-20-19(11-18)10-15(2)26-20/h4-9,11,14-15H,10,12-13H2,1-3H3,(H3,22,23,24). The van der Waals surface area contributed by atoms with Gasteiger partial charge in [-0.25, -0.2) is 4.99 Å². The van der Waals surface area contributed by atoms with Gasteiger partial charge in [-0.05, 0) is 48.2 Å². The summed E-state index contributed by atoms with van der Waals surface area (Å²) < 4.78 is 10.8. The van der Waals surface area contributed by atoms with Crippen molar-refractivity contribution < 1.29 is 9.47 Å². The summed E-state index contributed by atoms with van der Waals surface area (Å²) in [4.78, 5) is 4.39. The number of aliphatic imine (C=N–C) groups is 1. The SMILES string of the molecule is COCC(C)NC(N)=NCc1ccc(-c2ccc3c(c2)CC(C)O3)cc1. The molecule has 0 fully saturated rings. The molecular weight excluding hydrogens is 326 g/mol. The number of guanidine groups is 1. The van der Waals surface area contributed by atoms with Crippen molar-refractivity contribution in [1.82, 2.24) is 5.32 Å². The minimum atomic E-state index is 0.137. The molecule has 1 aliphatic rings. The Bertz CT molecular complexity index is 771. The van der Waals surface area contributed by atoms with Gasteiger partial charge in [-0.2, -0.15) is 0 Å². The molecule has 5 heteroatoms. The van der Waals surface area contributed by atoms with E-state index < -0.39 is 0 Å². The number of benzene rings is 2. The van der Waals surface area contributed by atoms with Crippen LogP contribution in [0.25, 0.3) is 11.1 Å². The molecule has 138 valence electrons. The van der Waals surface area contributed by atoms with Crippen LogP contribution in [0.15, 0.2) is 47.5 Å². The first-order valence-electron chi connectivity index (χ1n) is 8.99. The average Bonchev–Trinajstić information content (AvgIpc) is 2.99. The summed E-state index contributed by atoms with van der Waals surface area (Å²) in [7, 11) is 1.67. The predicted molar refractivity (Wildman–Crippen MR) is 105 cm³/mol. The topological polar surface area (TPSA) is 68.9 Å². The Morgan fingerprint density at radius 3 is 2.73 bits per heavy atom. The van der Waals surface area contributed by atoms with Gasteiger partial charge in [0.05, 0.1) is 13.2 Å². The molecule has 2 aromatic carbocycles. The molecule has 0 saturated carbocycles. The van der Waals surface area contributed by atoms with Gasteiger partial charge in [0.1, 0.15) is 11.9 Å². The fraction of sp³-hybridized carbons (Fsp3) is 0.381. The van der Waals surface area contributed by atoms with E-state index in [0.717, 1.165) is 17.7 Å². The molecule has 1 heterocycles. The van der Waals surface area contributed by atoms with Crippen molar-refractivity contribution in [2.24, 2.45) is 10.7 Å². The molecule has 2 aromatic rings. The summed E-state index contributed by atoms with van der Waals surface area (Å²) >= 11 is 0. The molecule has 0 aliphatic carbocycles. The normalized spacial score (nSPS) is 17.5. The van der Waals surface area contributed by atoms with Crippen LogP contribution in [0, 0.1) is 0 Å². The molecule has 2 atom stereocenters. The van der Waals surface area contributed by atoms with Gasteiger partial charge < -0.3 is 20.5 Å². The Morgan fingerprint density at radius 2 is 2.00 bits per heavy atom. The fourth-order valence-electron chi connectivity index (χ4n) is 3.17. The molecule has 0 aromatic heterocycles. The van der Waals surface area contributed by atoms with Crippen molar-refractivity contribution in [2.75, 3.05) is 13.7 Å². The number of nitrogens with two attached hydrogens (primary N) is 1. The number of hydrogen-bond donors (Lipinski definition) is 2. The number of ether oxygens (including phenoxy) is 2. The molecule has 5 nitrogen and oxygen atoms in total. The first-order valence-corrected chi connectivity index (χ1v) is 8.99. The summed E-state index contributed by atoms with van der Waals surface area (Å²) in [5, 5.41) is 3.11. The van der Waals surface area contributed by atoms with Crippen LogP contribution >= 0.6 is 0 Å². The van der Waals surface area contributed by atoms with Gasteiger partial charge in [-0.15, -0.1) is 0 Å². The second-order valence-electron chi connectivity index (χ2n) is 6.85. The van der Waals surface area contributed by atoms with Crippen LogP contribution in [0.5, 0.6) is 5.75 Å². The molecule has 0 spiro atoms. The van der Waals surface area contributed by atoms with Crippen molar-refractivity contribution in [2.45, 2.75) is 39.0 Å². The zero-order chi connectivity index (χ0) is 18.5. The monoisotopic (exact) mass is 353 g/mol. The average molecular weight is 353 g/mol. The summed E-state index contributed by atoms with van der Waals surface area (Å²) in [6.07, 6.45) is 1.25. The van der Waals surface area contributed by atoms with E-state index in [4.69, 9.17) is 15.2 Å². The van der Waals surface area contributed by atoms with Crippen LogP contribution in [0.1, 0.15) is 25.0 Å². The number of methoxy groups -OCH3 is 1. The summed E-state index contributed by atoms with van der Waals surface area (Å²) in [6, 6.07) is 15.0. The zero-order valence-electron chi connectivity index (χ0n) is 15.7. The highest BCUT2D eigenvalue weighted by atomic mass is 16.5. The molecule has 1 aliphatic heterocycles. The smallest absolute Gasteiger partial charge is 0.189 e. The van der Waals surface area contributed by atoms with Crippen molar-refractivity contribution >= 4 is 5.96 Å². The van der Waals surface area contributed by atoms with E-state index in [9.17, 15) is 0 Å². The van der Waals surface area contributed by atoms with E-state index in [1.807, 2.05) is 6.92 Å². The van der Waals surface area contributed by atoms with Crippen LogP contribution in [-0.2, 0) is 17.7 Å². The Hall–Kier alpha value is -2.53. The lowest BCUT2D eigenvalue weighted by Gasteiger charge is -2.13. The summed E-state index contributed by atoms with van der Waals surface area (Å²) in [5.74, 6) is 1.45. The van der Waals surface area contributed by atoms with Gasteiger partial charge in [0.2, 0.25) is 0 Å². The number of nitrogens with zero attached hydrogens (tertiary/aromatic N) is 1. The Morgan fingerprint density at radius 1 is 1.27 bits per heavy atom. The minimum absolute atomic E-state index is 0.137. The third-order valence-electron chi connectivity index (χ3n) is 4.43. The molecule has 3 N–H and O–H groups in total. The molecule has 0 amide bonds. The Kier molecular flexibility index (Phi) is 5.78. The number of hydrogen-bond acceptors (Lipinski definition) is 3. The molecule has 3 rings (SSSR count). The number of rotatable bonds is 6. The first-order chi connectivity index (χ1) is 12.5. The number of nitrogens with one attached hydrogen (secondary N) is 1. The van der Waals surface area contributed by atoms with E-state index in [-0.39, 0.29) is 12.1 Å². The lowest BCUT2D eigenvalue weighted by atomic mass is 10.00. The highest BCUT2D eigenvalue weighted by Crippen LogP contribution is 2.32. The van der Waals surface area contributed by atoms with Gasteiger partial charge in [-0.1, -0.05) is 30.3 Å². The van der Waals surface area contributed by atoms with Gasteiger partial charge in [0, 0.05) is 19.6 Å². The lowest BCUT2D eigenvalue weighted by molar-refractivity contribution is 0.179. The summed E-state index contributed by atoms with van der Waals surface area (Å²) in [6.45, 7) is 5.25. The van der Waals surface area contributed by atoms with Gasteiger partial charge in [0.25, 0.3) is 0 Å². The largest absolute Gasteiger partial charge is 0.490 e. The third kappa shape index (κ3) is 4.55. The van der Waals surface area contributed by atoms with Crippen molar-refractivity contribution in [3.63, 3.8) is 0 Å². The lowest BCUT2D eigenvalue weighted by Crippen LogP contribution is -2.40. The molecular formula is C21H27N3O2. The molecule has 0 bridgehead atoms. The van der Waals surface area contributed by atoms with Gasteiger partial charge in [0.15, 0.2) is 5.96 Å². The van der Waals surface area contributed by atoms with E-state index in [1.54, 1.807) is 7.11 Å². The van der Waals surface area contributed by atoms with Crippen molar-refractivity contribution in [1.29, 1.82) is 0 Å². The minimum Gasteiger partial charge on any atom is -0.490 e. The molecule has 0 saturated heterocycles. The van der Waals surface area contributed by atoms with Crippen molar-refractivity contribution in [3.05, 3.63) is 53.6 Å². The van der Waals surface area contributed by atoms with Crippen LogP contribution in [0.3, 0.4) is 0 Å². The van der Waals surface area contributed by atoms with Crippen LogP contribution in [0.2, 0.25) is 0 Å². The zero-order valence-corrected chi connectivity index (χ0v) is 15.7. The maximum atomic E-state index is 5.91. The number of fused-ring (bicyclic) bond motifs is 1. The molecule has 26 heavy (non-hydrogen) atoms. The fourth-order valence-corrected chi connectivity index (χ4v) is 3.17.